The number of hydrogen-bond donors (Lipinski definition) is 1. The second-order valence-corrected chi connectivity index (χ2v) is 4.46. The van der Waals surface area contributed by atoms with Crippen LogP contribution >= 0.6 is 11.3 Å². The predicted molar refractivity (Wildman–Crippen MR) is 64.2 cm³/mol. The third-order valence-electron chi connectivity index (χ3n) is 2.30. The number of hydrogen-bond acceptors (Lipinski definition) is 3. The van der Waals surface area contributed by atoms with Crippen molar-refractivity contribution in [2.75, 3.05) is 13.6 Å². The minimum atomic E-state index is 0.990. The van der Waals surface area contributed by atoms with Crippen LogP contribution in [0.1, 0.15) is 5.56 Å². The van der Waals surface area contributed by atoms with E-state index in [9.17, 15) is 0 Å². The minimum absolute atomic E-state index is 0.990. The molecule has 0 saturated heterocycles. The zero-order valence-electron chi connectivity index (χ0n) is 9.03. The molecule has 2 rings (SSSR count). The van der Waals surface area contributed by atoms with E-state index in [0.717, 1.165) is 18.7 Å². The minimum Gasteiger partial charge on any atom is -0.319 e. The number of thiophene rings is 1. The van der Waals surface area contributed by atoms with Crippen LogP contribution in [0.2, 0.25) is 0 Å². The number of nitrogens with one attached hydrogen (secondary N) is 1. The third-order valence-corrected chi connectivity index (χ3v) is 3.18. The largest absolute Gasteiger partial charge is 0.319 e. The maximum absolute atomic E-state index is 4.51. The third kappa shape index (κ3) is 2.27. The van der Waals surface area contributed by atoms with E-state index in [1.54, 1.807) is 11.3 Å². The molecular formula is C11H15N3S. The van der Waals surface area contributed by atoms with Crippen molar-refractivity contribution in [3.05, 3.63) is 29.3 Å². The van der Waals surface area contributed by atoms with Crippen molar-refractivity contribution < 1.29 is 0 Å². The molecule has 0 bridgehead atoms. The zero-order valence-corrected chi connectivity index (χ0v) is 9.84. The van der Waals surface area contributed by atoms with Crippen LogP contribution < -0.4 is 5.32 Å². The molecule has 15 heavy (non-hydrogen) atoms. The Balaban J connectivity index is 2.29. The highest BCUT2D eigenvalue weighted by molar-refractivity contribution is 7.13. The van der Waals surface area contributed by atoms with Crippen LogP contribution in [0.25, 0.3) is 10.6 Å². The van der Waals surface area contributed by atoms with Gasteiger partial charge in [-0.15, -0.1) is 11.3 Å². The maximum atomic E-state index is 4.51. The first-order chi connectivity index (χ1) is 7.31. The molecule has 1 N–H and O–H groups in total. The fraction of sp³-hybridized carbons (Fsp3) is 0.364. The van der Waals surface area contributed by atoms with Gasteiger partial charge in [-0.3, -0.25) is 4.68 Å². The van der Waals surface area contributed by atoms with Crippen LogP contribution in [0.5, 0.6) is 0 Å². The van der Waals surface area contributed by atoms with Gasteiger partial charge in [-0.25, -0.2) is 0 Å². The Bertz CT molecular complexity index is 417. The molecule has 0 radical (unpaired) electrons. The van der Waals surface area contributed by atoms with Crippen LogP contribution in [0, 0.1) is 0 Å². The van der Waals surface area contributed by atoms with Crippen molar-refractivity contribution >= 4 is 11.3 Å². The molecular weight excluding hydrogens is 206 g/mol. The highest BCUT2D eigenvalue weighted by atomic mass is 32.1. The molecule has 0 fully saturated rings. The highest BCUT2D eigenvalue weighted by Gasteiger charge is 2.09. The summed E-state index contributed by atoms with van der Waals surface area (Å²) in [5.74, 6) is 0. The van der Waals surface area contributed by atoms with Gasteiger partial charge in [-0.1, -0.05) is 6.07 Å². The van der Waals surface area contributed by atoms with Crippen molar-refractivity contribution in [3.8, 4) is 10.6 Å². The van der Waals surface area contributed by atoms with Gasteiger partial charge >= 0.3 is 0 Å². The smallest absolute Gasteiger partial charge is 0.105 e. The second kappa shape index (κ2) is 4.59. The normalized spacial score (nSPS) is 10.8. The van der Waals surface area contributed by atoms with E-state index in [1.165, 1.54) is 10.4 Å². The fourth-order valence-corrected chi connectivity index (χ4v) is 2.35. The van der Waals surface area contributed by atoms with Gasteiger partial charge in [0.2, 0.25) is 0 Å². The molecule has 0 atom stereocenters. The Morgan fingerprint density at radius 3 is 3.07 bits per heavy atom. The van der Waals surface area contributed by atoms with Crippen molar-refractivity contribution in [1.29, 1.82) is 0 Å². The Kier molecular flexibility index (Phi) is 3.18. The summed E-state index contributed by atoms with van der Waals surface area (Å²) in [6.07, 6.45) is 3.13. The van der Waals surface area contributed by atoms with E-state index in [0.29, 0.717) is 0 Å². The molecule has 0 spiro atoms. The average Bonchev–Trinajstić information content (AvgIpc) is 2.83. The number of aromatic nitrogens is 2. The molecule has 3 nitrogen and oxygen atoms in total. The summed E-state index contributed by atoms with van der Waals surface area (Å²) >= 11 is 1.74. The van der Waals surface area contributed by atoms with Crippen molar-refractivity contribution in [3.63, 3.8) is 0 Å². The standard InChI is InChI=1S/C11H15N3S/c1-12-6-5-9-8-14(2)13-11(9)10-4-3-7-15-10/h3-4,7-8,12H,5-6H2,1-2H3. The average molecular weight is 221 g/mol. The molecule has 0 aliphatic carbocycles. The van der Waals surface area contributed by atoms with Gasteiger partial charge < -0.3 is 5.32 Å². The summed E-state index contributed by atoms with van der Waals surface area (Å²) in [7, 11) is 3.95. The second-order valence-electron chi connectivity index (χ2n) is 3.51. The lowest BCUT2D eigenvalue weighted by atomic mass is 10.1. The van der Waals surface area contributed by atoms with Gasteiger partial charge in [-0.2, -0.15) is 5.10 Å². The number of likely N-dealkylation sites (N-methyl/N-ethyl adjacent to an activating group) is 1. The van der Waals surface area contributed by atoms with E-state index >= 15 is 0 Å². The first-order valence-corrected chi connectivity index (χ1v) is 5.90. The topological polar surface area (TPSA) is 29.9 Å². The van der Waals surface area contributed by atoms with Gasteiger partial charge in [0.1, 0.15) is 5.69 Å². The van der Waals surface area contributed by atoms with E-state index in [2.05, 4.69) is 34.1 Å². The van der Waals surface area contributed by atoms with E-state index in [4.69, 9.17) is 0 Å². The lowest BCUT2D eigenvalue weighted by Gasteiger charge is -1.98. The van der Waals surface area contributed by atoms with Crippen LogP contribution in [-0.2, 0) is 13.5 Å². The van der Waals surface area contributed by atoms with Gasteiger partial charge in [-0.05, 0) is 31.5 Å². The zero-order chi connectivity index (χ0) is 10.7. The summed E-state index contributed by atoms with van der Waals surface area (Å²) in [4.78, 5) is 1.25. The summed E-state index contributed by atoms with van der Waals surface area (Å²) in [6, 6.07) is 4.19. The molecule has 0 unspecified atom stereocenters. The quantitative estimate of drug-likeness (QED) is 0.854. The van der Waals surface area contributed by atoms with Crippen molar-refractivity contribution in [2.24, 2.45) is 7.05 Å². The van der Waals surface area contributed by atoms with Crippen LogP contribution in [-0.4, -0.2) is 23.4 Å². The monoisotopic (exact) mass is 221 g/mol. The maximum Gasteiger partial charge on any atom is 0.105 e. The van der Waals surface area contributed by atoms with Gasteiger partial charge in [0.05, 0.1) is 4.88 Å². The molecule has 0 aromatic carbocycles. The van der Waals surface area contributed by atoms with Gasteiger partial charge in [0, 0.05) is 18.8 Å². The van der Waals surface area contributed by atoms with E-state index in [1.807, 2.05) is 18.8 Å². The summed E-state index contributed by atoms with van der Waals surface area (Å²) in [6.45, 7) is 0.990. The Hall–Kier alpha value is -1.13. The lowest BCUT2D eigenvalue weighted by Crippen LogP contribution is -2.10. The fourth-order valence-electron chi connectivity index (χ4n) is 1.60. The van der Waals surface area contributed by atoms with Crippen LogP contribution in [0.4, 0.5) is 0 Å². The molecule has 0 amide bonds. The summed E-state index contributed by atoms with van der Waals surface area (Å²) in [5.41, 5.74) is 2.44. The summed E-state index contributed by atoms with van der Waals surface area (Å²) in [5, 5.41) is 9.76. The number of rotatable bonds is 4. The molecule has 0 aliphatic heterocycles. The Morgan fingerprint density at radius 2 is 2.40 bits per heavy atom. The first-order valence-electron chi connectivity index (χ1n) is 5.02. The summed E-state index contributed by atoms with van der Waals surface area (Å²) < 4.78 is 1.89. The molecule has 2 aromatic heterocycles. The number of aryl methyl sites for hydroxylation is 1. The van der Waals surface area contributed by atoms with Crippen LogP contribution in [0.15, 0.2) is 23.7 Å². The molecule has 4 heteroatoms. The van der Waals surface area contributed by atoms with Gasteiger partial charge in [0.15, 0.2) is 0 Å². The van der Waals surface area contributed by atoms with Crippen LogP contribution in [0.3, 0.4) is 0 Å². The predicted octanol–water partition coefficient (Wildman–Crippen LogP) is 1.91. The molecule has 80 valence electrons. The SMILES string of the molecule is CNCCc1cn(C)nc1-c1cccs1. The first kappa shape index (κ1) is 10.4. The van der Waals surface area contributed by atoms with Crippen molar-refractivity contribution in [1.82, 2.24) is 15.1 Å². The molecule has 0 saturated carbocycles. The number of nitrogens with zero attached hydrogens (tertiary/aromatic N) is 2. The van der Waals surface area contributed by atoms with Gasteiger partial charge in [0.25, 0.3) is 0 Å². The Labute approximate surface area is 93.7 Å². The molecule has 2 aromatic rings. The van der Waals surface area contributed by atoms with Crippen molar-refractivity contribution in [2.45, 2.75) is 6.42 Å². The molecule has 2 heterocycles. The Morgan fingerprint density at radius 1 is 1.53 bits per heavy atom. The molecule has 0 aliphatic rings. The van der Waals surface area contributed by atoms with E-state index < -0.39 is 0 Å². The lowest BCUT2D eigenvalue weighted by molar-refractivity contribution is 0.765. The highest BCUT2D eigenvalue weighted by Crippen LogP contribution is 2.26. The van der Waals surface area contributed by atoms with E-state index in [-0.39, 0.29) is 0 Å².